The first-order valence-corrected chi connectivity index (χ1v) is 9.28. The SMILES string of the molecule is COc1ccc(NC(=S)/C(=C(/O)c2cccs2)[n+]2cccc(C)c2)cc1. The molecule has 0 radical (unpaired) electrons. The molecule has 4 nitrogen and oxygen atoms in total. The second kappa shape index (κ2) is 8.12. The molecule has 3 aromatic rings. The highest BCUT2D eigenvalue weighted by Crippen LogP contribution is 2.23. The summed E-state index contributed by atoms with van der Waals surface area (Å²) in [6.07, 6.45) is 3.80. The van der Waals surface area contributed by atoms with E-state index in [1.165, 1.54) is 11.3 Å². The quantitative estimate of drug-likeness (QED) is 0.291. The molecule has 0 spiro atoms. The van der Waals surface area contributed by atoms with Crippen molar-refractivity contribution in [1.82, 2.24) is 0 Å². The fraction of sp³-hybridized carbons (Fsp3) is 0.100. The predicted molar refractivity (Wildman–Crippen MR) is 111 cm³/mol. The first kappa shape index (κ1) is 18.1. The van der Waals surface area contributed by atoms with Crippen molar-refractivity contribution in [2.75, 3.05) is 12.4 Å². The maximum absolute atomic E-state index is 10.9. The van der Waals surface area contributed by atoms with Crippen molar-refractivity contribution in [3.05, 3.63) is 76.7 Å². The van der Waals surface area contributed by atoms with E-state index in [9.17, 15) is 5.11 Å². The van der Waals surface area contributed by atoms with E-state index < -0.39 is 0 Å². The smallest absolute Gasteiger partial charge is 0.289 e. The molecule has 0 bridgehead atoms. The summed E-state index contributed by atoms with van der Waals surface area (Å²) in [6.45, 7) is 2.00. The third-order valence-corrected chi connectivity index (χ3v) is 4.92. The summed E-state index contributed by atoms with van der Waals surface area (Å²) < 4.78 is 7.02. The first-order chi connectivity index (χ1) is 12.6. The number of aliphatic hydroxyl groups is 1. The van der Waals surface area contributed by atoms with Gasteiger partial charge in [-0.3, -0.25) is 0 Å². The van der Waals surface area contributed by atoms with Crippen molar-refractivity contribution in [2.24, 2.45) is 0 Å². The number of methoxy groups -OCH3 is 1. The summed E-state index contributed by atoms with van der Waals surface area (Å²) in [7, 11) is 1.63. The lowest BCUT2D eigenvalue weighted by Crippen LogP contribution is -2.38. The molecule has 0 aliphatic carbocycles. The van der Waals surface area contributed by atoms with Crippen LogP contribution in [0.15, 0.2) is 66.3 Å². The lowest BCUT2D eigenvalue weighted by Gasteiger charge is -2.10. The van der Waals surface area contributed by atoms with Crippen LogP contribution in [0, 0.1) is 6.92 Å². The van der Waals surface area contributed by atoms with E-state index >= 15 is 0 Å². The number of thiocarbonyl (C=S) groups is 1. The number of aromatic nitrogens is 1. The lowest BCUT2D eigenvalue weighted by atomic mass is 10.2. The van der Waals surface area contributed by atoms with E-state index in [0.717, 1.165) is 21.9 Å². The molecular formula is C20H19N2O2S2+. The van der Waals surface area contributed by atoms with Crippen LogP contribution >= 0.6 is 23.6 Å². The monoisotopic (exact) mass is 383 g/mol. The summed E-state index contributed by atoms with van der Waals surface area (Å²) in [5, 5.41) is 16.0. The van der Waals surface area contributed by atoms with Crippen LogP contribution < -0.4 is 14.6 Å². The van der Waals surface area contributed by atoms with Gasteiger partial charge in [-0.1, -0.05) is 18.3 Å². The second-order valence-corrected chi connectivity index (χ2v) is 7.00. The normalized spacial score (nSPS) is 11.6. The number of benzene rings is 1. The average molecular weight is 384 g/mol. The number of pyridine rings is 1. The Morgan fingerprint density at radius 1 is 1.15 bits per heavy atom. The number of thiophene rings is 1. The second-order valence-electron chi connectivity index (χ2n) is 5.65. The third-order valence-electron chi connectivity index (χ3n) is 3.75. The minimum atomic E-state index is 0.140. The maximum Gasteiger partial charge on any atom is 0.289 e. The van der Waals surface area contributed by atoms with E-state index in [-0.39, 0.29) is 5.76 Å². The molecule has 0 aliphatic rings. The Labute approximate surface area is 162 Å². The van der Waals surface area contributed by atoms with Crippen LogP contribution in [0.4, 0.5) is 5.69 Å². The number of hydrogen-bond acceptors (Lipinski definition) is 4. The van der Waals surface area contributed by atoms with Crippen LogP contribution in [0.25, 0.3) is 11.5 Å². The van der Waals surface area contributed by atoms with Crippen LogP contribution in [0.2, 0.25) is 0 Å². The van der Waals surface area contributed by atoms with Crippen LogP contribution in [-0.4, -0.2) is 17.2 Å². The molecule has 2 aromatic heterocycles. The third kappa shape index (κ3) is 4.09. The van der Waals surface area contributed by atoms with Crippen molar-refractivity contribution >= 4 is 45.7 Å². The lowest BCUT2D eigenvalue weighted by molar-refractivity contribution is -0.576. The molecule has 2 heterocycles. The summed E-state index contributed by atoms with van der Waals surface area (Å²) >= 11 is 7.08. The van der Waals surface area contributed by atoms with Gasteiger partial charge in [-0.2, -0.15) is 4.57 Å². The molecule has 0 unspecified atom stereocenters. The summed E-state index contributed by atoms with van der Waals surface area (Å²) in [4.78, 5) is 1.18. The number of ether oxygens (including phenoxy) is 1. The minimum absolute atomic E-state index is 0.140. The van der Waals surface area contributed by atoms with Crippen molar-refractivity contribution in [1.29, 1.82) is 0 Å². The zero-order valence-corrected chi connectivity index (χ0v) is 16.1. The standard InChI is InChI=1S/C20H18N2O2S2/c1-14-5-3-11-22(13-14)18(19(23)17-6-4-12-26-17)20(25)21-15-7-9-16(24-2)10-8-15/h3-13H,1-2H3,(H-,21,23,25)/p+1. The Balaban J connectivity index is 2.00. The van der Waals surface area contributed by atoms with Gasteiger partial charge < -0.3 is 15.2 Å². The Hall–Kier alpha value is -2.70. The molecule has 132 valence electrons. The van der Waals surface area contributed by atoms with Gasteiger partial charge in [0.1, 0.15) is 5.75 Å². The molecule has 0 saturated carbocycles. The average Bonchev–Trinajstić information content (AvgIpc) is 3.17. The van der Waals surface area contributed by atoms with Crippen molar-refractivity contribution in [3.63, 3.8) is 0 Å². The minimum Gasteiger partial charge on any atom is -0.501 e. The molecule has 2 N–H and O–H groups in total. The fourth-order valence-corrected chi connectivity index (χ4v) is 3.46. The predicted octanol–water partition coefficient (Wildman–Crippen LogP) is 4.68. The number of hydrogen-bond donors (Lipinski definition) is 2. The highest BCUT2D eigenvalue weighted by atomic mass is 32.1. The van der Waals surface area contributed by atoms with Gasteiger partial charge in [0, 0.05) is 17.3 Å². The number of rotatable bonds is 5. The Morgan fingerprint density at radius 3 is 2.54 bits per heavy atom. The number of nitrogens with zero attached hydrogens (tertiary/aromatic N) is 1. The Bertz CT molecular complexity index is 933. The van der Waals surface area contributed by atoms with Gasteiger partial charge >= 0.3 is 0 Å². The number of aryl methyl sites for hydroxylation is 1. The summed E-state index contributed by atoms with van der Waals surface area (Å²) in [5.74, 6) is 0.910. The maximum atomic E-state index is 10.9. The Kier molecular flexibility index (Phi) is 5.65. The first-order valence-electron chi connectivity index (χ1n) is 7.99. The number of aliphatic hydroxyl groups excluding tert-OH is 1. The van der Waals surface area contributed by atoms with Gasteiger partial charge in [0.15, 0.2) is 17.4 Å². The van der Waals surface area contributed by atoms with Crippen LogP contribution in [0.5, 0.6) is 5.75 Å². The zero-order chi connectivity index (χ0) is 18.5. The molecule has 0 aliphatic heterocycles. The molecule has 26 heavy (non-hydrogen) atoms. The van der Waals surface area contributed by atoms with Crippen molar-refractivity contribution in [3.8, 4) is 5.75 Å². The highest BCUT2D eigenvalue weighted by molar-refractivity contribution is 7.81. The molecule has 0 atom stereocenters. The molecule has 1 aromatic carbocycles. The number of anilines is 1. The molecule has 3 rings (SSSR count). The van der Waals surface area contributed by atoms with E-state index in [1.54, 1.807) is 7.11 Å². The van der Waals surface area contributed by atoms with Crippen LogP contribution in [0.1, 0.15) is 10.4 Å². The van der Waals surface area contributed by atoms with Gasteiger partial charge in [0.2, 0.25) is 5.76 Å². The van der Waals surface area contributed by atoms with E-state index in [4.69, 9.17) is 17.0 Å². The largest absolute Gasteiger partial charge is 0.501 e. The molecule has 0 fully saturated rings. The van der Waals surface area contributed by atoms with Gasteiger partial charge in [-0.05, 0) is 48.7 Å². The topological polar surface area (TPSA) is 45.4 Å². The summed E-state index contributed by atoms with van der Waals surface area (Å²) in [5.41, 5.74) is 2.42. The number of nitrogens with one attached hydrogen (secondary N) is 1. The Morgan fingerprint density at radius 2 is 1.92 bits per heavy atom. The highest BCUT2D eigenvalue weighted by Gasteiger charge is 2.24. The van der Waals surface area contributed by atoms with Gasteiger partial charge in [-0.25, -0.2) is 0 Å². The summed E-state index contributed by atoms with van der Waals surface area (Å²) in [6, 6.07) is 15.2. The van der Waals surface area contributed by atoms with E-state index in [2.05, 4.69) is 5.32 Å². The zero-order valence-electron chi connectivity index (χ0n) is 14.5. The fourth-order valence-electron chi connectivity index (χ4n) is 2.47. The van der Waals surface area contributed by atoms with Gasteiger partial charge in [0.05, 0.1) is 12.0 Å². The molecule has 0 amide bonds. The van der Waals surface area contributed by atoms with E-state index in [1.807, 2.05) is 77.8 Å². The molecule has 0 saturated heterocycles. The van der Waals surface area contributed by atoms with Crippen molar-refractivity contribution < 1.29 is 14.4 Å². The molecule has 6 heteroatoms. The van der Waals surface area contributed by atoms with Crippen molar-refractivity contribution in [2.45, 2.75) is 6.92 Å². The van der Waals surface area contributed by atoms with Crippen LogP contribution in [-0.2, 0) is 0 Å². The van der Waals surface area contributed by atoms with Gasteiger partial charge in [0.25, 0.3) is 5.70 Å². The van der Waals surface area contributed by atoms with Crippen LogP contribution in [0.3, 0.4) is 0 Å². The molecular weight excluding hydrogens is 364 g/mol. The van der Waals surface area contributed by atoms with Gasteiger partial charge in [-0.15, -0.1) is 11.3 Å². The van der Waals surface area contributed by atoms with E-state index in [0.29, 0.717) is 10.7 Å².